The van der Waals surface area contributed by atoms with Crippen molar-refractivity contribution in [2.45, 2.75) is 39.8 Å². The average molecular weight is 241 g/mol. The molecule has 1 unspecified atom stereocenters. The number of aryl methyl sites for hydroxylation is 2. The van der Waals surface area contributed by atoms with Gasteiger partial charge in [0, 0.05) is 16.3 Å². The Balaban J connectivity index is 2.73. The third-order valence-electron chi connectivity index (χ3n) is 2.77. The fourth-order valence-electron chi connectivity index (χ4n) is 1.89. The number of thiophene rings is 1. The van der Waals surface area contributed by atoms with Crippen molar-refractivity contribution in [3.63, 3.8) is 0 Å². The van der Waals surface area contributed by atoms with Gasteiger partial charge in [-0.3, -0.25) is 9.69 Å². The van der Waals surface area contributed by atoms with E-state index in [1.54, 1.807) is 11.3 Å². The fourth-order valence-corrected chi connectivity index (χ4v) is 2.83. The van der Waals surface area contributed by atoms with Gasteiger partial charge in [-0.2, -0.15) is 0 Å². The molecule has 0 aliphatic rings. The molecule has 3 nitrogen and oxygen atoms in total. The van der Waals surface area contributed by atoms with Gasteiger partial charge in [0.15, 0.2) is 0 Å². The monoisotopic (exact) mass is 241 g/mol. The van der Waals surface area contributed by atoms with Crippen LogP contribution in [-0.4, -0.2) is 29.1 Å². The highest BCUT2D eigenvalue weighted by Crippen LogP contribution is 2.22. The average Bonchev–Trinajstić information content (AvgIpc) is 2.45. The SMILES string of the molecule is CCC(C(=O)O)N(C)Cc1cc(C)sc1C. The van der Waals surface area contributed by atoms with Crippen molar-refractivity contribution in [3.8, 4) is 0 Å². The minimum atomic E-state index is -0.741. The van der Waals surface area contributed by atoms with Crippen molar-refractivity contribution >= 4 is 17.3 Å². The van der Waals surface area contributed by atoms with Gasteiger partial charge in [0.25, 0.3) is 0 Å². The first kappa shape index (κ1) is 13.2. The van der Waals surface area contributed by atoms with Crippen LogP contribution >= 0.6 is 11.3 Å². The molecule has 1 aromatic rings. The molecule has 0 radical (unpaired) electrons. The summed E-state index contributed by atoms with van der Waals surface area (Å²) >= 11 is 1.76. The first-order valence-corrected chi connectivity index (χ1v) is 6.26. The molecule has 0 fully saturated rings. The highest BCUT2D eigenvalue weighted by molar-refractivity contribution is 7.12. The molecule has 1 N–H and O–H groups in total. The summed E-state index contributed by atoms with van der Waals surface area (Å²) in [5.41, 5.74) is 1.24. The Morgan fingerprint density at radius 1 is 1.56 bits per heavy atom. The quantitative estimate of drug-likeness (QED) is 0.861. The number of carboxylic acids is 1. The summed E-state index contributed by atoms with van der Waals surface area (Å²) in [4.78, 5) is 15.5. The number of hydrogen-bond acceptors (Lipinski definition) is 3. The lowest BCUT2D eigenvalue weighted by atomic mass is 10.1. The van der Waals surface area contributed by atoms with E-state index >= 15 is 0 Å². The Hall–Kier alpha value is -0.870. The zero-order valence-corrected chi connectivity index (χ0v) is 11.1. The van der Waals surface area contributed by atoms with Crippen LogP contribution in [0, 0.1) is 13.8 Å². The van der Waals surface area contributed by atoms with Gasteiger partial charge in [-0.25, -0.2) is 0 Å². The lowest BCUT2D eigenvalue weighted by Crippen LogP contribution is -2.37. The van der Waals surface area contributed by atoms with Gasteiger partial charge in [-0.1, -0.05) is 6.92 Å². The molecule has 0 aliphatic carbocycles. The number of likely N-dealkylation sites (N-methyl/N-ethyl adjacent to an activating group) is 1. The Bertz CT molecular complexity index is 373. The topological polar surface area (TPSA) is 40.5 Å². The third kappa shape index (κ3) is 3.06. The summed E-state index contributed by atoms with van der Waals surface area (Å²) < 4.78 is 0. The summed E-state index contributed by atoms with van der Waals surface area (Å²) in [7, 11) is 1.87. The Morgan fingerprint density at radius 2 is 2.19 bits per heavy atom. The molecule has 1 aromatic heterocycles. The molecule has 0 aliphatic heterocycles. The number of hydrogen-bond donors (Lipinski definition) is 1. The third-order valence-corrected chi connectivity index (χ3v) is 3.78. The molecule has 0 amide bonds. The molecule has 0 saturated heterocycles. The zero-order valence-electron chi connectivity index (χ0n) is 10.3. The summed E-state index contributed by atoms with van der Waals surface area (Å²) in [6.07, 6.45) is 0.633. The van der Waals surface area contributed by atoms with Crippen LogP contribution in [0.5, 0.6) is 0 Å². The summed E-state index contributed by atoms with van der Waals surface area (Å²) in [6.45, 7) is 6.78. The van der Waals surface area contributed by atoms with Gasteiger partial charge in [0.05, 0.1) is 0 Å². The molecule has 16 heavy (non-hydrogen) atoms. The van der Waals surface area contributed by atoms with Crippen LogP contribution in [0.2, 0.25) is 0 Å². The van der Waals surface area contributed by atoms with E-state index in [-0.39, 0.29) is 6.04 Å². The number of carboxylic acid groups (broad SMARTS) is 1. The number of carbonyl (C=O) groups is 1. The van der Waals surface area contributed by atoms with Crippen LogP contribution in [0.4, 0.5) is 0 Å². The molecule has 1 atom stereocenters. The van der Waals surface area contributed by atoms with Gasteiger partial charge in [-0.05, 0) is 38.9 Å². The van der Waals surface area contributed by atoms with Gasteiger partial charge < -0.3 is 5.11 Å². The maximum Gasteiger partial charge on any atom is 0.320 e. The lowest BCUT2D eigenvalue weighted by molar-refractivity contribution is -0.143. The Labute approximate surface area is 101 Å². The maximum atomic E-state index is 11.0. The molecule has 0 saturated carbocycles. The van der Waals surface area contributed by atoms with Crippen LogP contribution in [0.3, 0.4) is 0 Å². The van der Waals surface area contributed by atoms with E-state index in [0.717, 1.165) is 0 Å². The maximum absolute atomic E-state index is 11.0. The summed E-state index contributed by atoms with van der Waals surface area (Å²) in [6, 6.07) is 1.75. The van der Waals surface area contributed by atoms with Crippen LogP contribution in [-0.2, 0) is 11.3 Å². The van der Waals surface area contributed by atoms with E-state index in [2.05, 4.69) is 19.9 Å². The second-order valence-electron chi connectivity index (χ2n) is 4.12. The van der Waals surface area contributed by atoms with E-state index in [4.69, 9.17) is 5.11 Å². The second-order valence-corrected chi connectivity index (χ2v) is 5.58. The molecule has 1 rings (SSSR count). The molecule has 1 heterocycles. The van der Waals surface area contributed by atoms with E-state index in [0.29, 0.717) is 13.0 Å². The summed E-state index contributed by atoms with van der Waals surface area (Å²) in [5, 5.41) is 9.06. The Morgan fingerprint density at radius 3 is 2.56 bits per heavy atom. The highest BCUT2D eigenvalue weighted by atomic mass is 32.1. The van der Waals surface area contributed by atoms with E-state index in [9.17, 15) is 4.79 Å². The standard InChI is InChI=1S/C12H19NO2S/c1-5-11(12(14)15)13(4)7-10-6-8(2)16-9(10)3/h6,11H,5,7H2,1-4H3,(H,14,15). The van der Waals surface area contributed by atoms with Crippen molar-refractivity contribution in [3.05, 3.63) is 21.4 Å². The van der Waals surface area contributed by atoms with E-state index < -0.39 is 5.97 Å². The van der Waals surface area contributed by atoms with Gasteiger partial charge in [0.1, 0.15) is 6.04 Å². The summed E-state index contributed by atoms with van der Waals surface area (Å²) in [5.74, 6) is -0.741. The van der Waals surface area contributed by atoms with Crippen LogP contribution in [0.1, 0.15) is 28.7 Å². The van der Waals surface area contributed by atoms with Crippen LogP contribution in [0.15, 0.2) is 6.07 Å². The van der Waals surface area contributed by atoms with Crippen LogP contribution in [0.25, 0.3) is 0 Å². The molecule has 0 spiro atoms. The predicted molar refractivity (Wildman–Crippen MR) is 67.0 cm³/mol. The lowest BCUT2D eigenvalue weighted by Gasteiger charge is -2.23. The normalized spacial score (nSPS) is 13.1. The second kappa shape index (κ2) is 5.46. The minimum absolute atomic E-state index is 0.389. The van der Waals surface area contributed by atoms with E-state index in [1.807, 2.05) is 18.9 Å². The molecular formula is C12H19NO2S. The van der Waals surface area contributed by atoms with Crippen molar-refractivity contribution in [1.29, 1.82) is 0 Å². The first-order chi connectivity index (χ1) is 7.45. The van der Waals surface area contributed by atoms with Crippen molar-refractivity contribution in [2.75, 3.05) is 7.05 Å². The van der Waals surface area contributed by atoms with Crippen molar-refractivity contribution < 1.29 is 9.90 Å². The van der Waals surface area contributed by atoms with Gasteiger partial charge >= 0.3 is 5.97 Å². The molecule has 0 bridgehead atoms. The van der Waals surface area contributed by atoms with Crippen molar-refractivity contribution in [2.24, 2.45) is 0 Å². The predicted octanol–water partition coefficient (Wildman–Crippen LogP) is 2.66. The van der Waals surface area contributed by atoms with Crippen LogP contribution < -0.4 is 0 Å². The number of aliphatic carboxylic acids is 1. The molecule has 4 heteroatoms. The van der Waals surface area contributed by atoms with Crippen molar-refractivity contribution in [1.82, 2.24) is 4.90 Å². The smallest absolute Gasteiger partial charge is 0.320 e. The highest BCUT2D eigenvalue weighted by Gasteiger charge is 2.21. The molecular weight excluding hydrogens is 222 g/mol. The largest absolute Gasteiger partial charge is 0.480 e. The molecule has 90 valence electrons. The first-order valence-electron chi connectivity index (χ1n) is 5.44. The number of nitrogens with zero attached hydrogens (tertiary/aromatic N) is 1. The van der Waals surface area contributed by atoms with Gasteiger partial charge in [0.2, 0.25) is 0 Å². The minimum Gasteiger partial charge on any atom is -0.480 e. The number of rotatable bonds is 5. The Kier molecular flexibility index (Phi) is 4.50. The zero-order chi connectivity index (χ0) is 12.3. The van der Waals surface area contributed by atoms with E-state index in [1.165, 1.54) is 15.3 Å². The fraction of sp³-hybridized carbons (Fsp3) is 0.583. The van der Waals surface area contributed by atoms with Gasteiger partial charge in [-0.15, -0.1) is 11.3 Å². The molecule has 0 aromatic carbocycles.